The van der Waals surface area contributed by atoms with Crippen molar-refractivity contribution in [3.8, 4) is 0 Å². The zero-order valence-corrected chi connectivity index (χ0v) is 32.8. The zero-order valence-electron chi connectivity index (χ0n) is 32.8. The molecule has 0 saturated heterocycles. The fourth-order valence-electron chi connectivity index (χ4n) is 6.81. The second kappa shape index (κ2) is 22.6. The predicted octanol–water partition coefficient (Wildman–Crippen LogP) is 11.8. The van der Waals surface area contributed by atoms with E-state index in [4.69, 9.17) is 0 Å². The number of carbonyl (C=O) groups excluding carboxylic acids is 2. The van der Waals surface area contributed by atoms with Gasteiger partial charge in [-0.25, -0.2) is 0 Å². The van der Waals surface area contributed by atoms with Crippen LogP contribution >= 0.6 is 0 Å². The monoisotopic (exact) mass is 649 g/mol. The van der Waals surface area contributed by atoms with E-state index in [2.05, 4.69) is 69.2 Å². The van der Waals surface area contributed by atoms with Crippen LogP contribution in [0.1, 0.15) is 174 Å². The lowest BCUT2D eigenvalue weighted by Gasteiger charge is -2.42. The molecule has 46 heavy (non-hydrogen) atoms. The van der Waals surface area contributed by atoms with Gasteiger partial charge < -0.3 is 9.80 Å². The van der Waals surface area contributed by atoms with Crippen LogP contribution in [0.15, 0.2) is 0 Å². The van der Waals surface area contributed by atoms with Gasteiger partial charge in [0.25, 0.3) is 0 Å². The van der Waals surface area contributed by atoms with E-state index in [1.165, 1.54) is 83.5 Å². The molecule has 0 bridgehead atoms. The van der Waals surface area contributed by atoms with E-state index < -0.39 is 0 Å². The molecular formula is C42H84N2O2. The molecule has 0 aliphatic heterocycles. The highest BCUT2D eigenvalue weighted by atomic mass is 16.2. The van der Waals surface area contributed by atoms with Crippen LogP contribution in [0.5, 0.6) is 0 Å². The van der Waals surface area contributed by atoms with Crippen LogP contribution in [-0.2, 0) is 9.59 Å². The molecule has 4 heteroatoms. The summed E-state index contributed by atoms with van der Waals surface area (Å²) in [4.78, 5) is 25.7. The highest BCUT2D eigenvalue weighted by molar-refractivity contribution is 5.73. The van der Waals surface area contributed by atoms with Crippen molar-refractivity contribution in [3.63, 3.8) is 0 Å². The maximum atomic E-state index is 11.0. The molecule has 5 rings (SSSR count). The topological polar surface area (TPSA) is 40.6 Å². The lowest BCUT2D eigenvalue weighted by molar-refractivity contribution is -0.133. The summed E-state index contributed by atoms with van der Waals surface area (Å²) in [5.74, 6) is 9.75. The Morgan fingerprint density at radius 3 is 0.717 bits per heavy atom. The molecule has 0 N–H and O–H groups in total. The molecule has 274 valence electrons. The van der Waals surface area contributed by atoms with Crippen molar-refractivity contribution in [3.05, 3.63) is 0 Å². The molecule has 2 amide bonds. The maximum absolute atomic E-state index is 11.0. The first kappa shape index (κ1) is 44.9. The minimum atomic E-state index is 0. The van der Waals surface area contributed by atoms with Crippen molar-refractivity contribution >= 4 is 11.8 Å². The number of amides is 2. The van der Waals surface area contributed by atoms with Crippen LogP contribution in [0.2, 0.25) is 0 Å². The molecule has 0 aromatic rings. The summed E-state index contributed by atoms with van der Waals surface area (Å²) in [6.07, 6.45) is 18.3. The summed E-state index contributed by atoms with van der Waals surface area (Å²) in [6.45, 7) is 26.3. The number of nitrogens with zero attached hydrogens (tertiary/aromatic N) is 2. The van der Waals surface area contributed by atoms with Crippen molar-refractivity contribution in [1.29, 1.82) is 0 Å². The summed E-state index contributed by atoms with van der Waals surface area (Å²) in [7, 11) is 3.81. The molecule has 5 aliphatic carbocycles. The summed E-state index contributed by atoms with van der Waals surface area (Å²) in [5.41, 5.74) is 0. The van der Waals surface area contributed by atoms with Gasteiger partial charge in [-0.05, 0) is 84.9 Å². The smallest absolute Gasteiger partial charge is 0.219 e. The minimum Gasteiger partial charge on any atom is -0.343 e. The van der Waals surface area contributed by atoms with Gasteiger partial charge in [0.1, 0.15) is 0 Å². The first-order valence-electron chi connectivity index (χ1n) is 19.4. The van der Waals surface area contributed by atoms with E-state index in [-0.39, 0.29) is 19.2 Å². The van der Waals surface area contributed by atoms with Gasteiger partial charge in [-0.1, -0.05) is 134 Å². The first-order chi connectivity index (χ1) is 21.0. The largest absolute Gasteiger partial charge is 0.343 e. The standard InChI is InChI=1S/2C10H19NO.3C7H14.CH4/c2*1-7(2)9-5-10(6-9)11(4)8(3)12;3*1-6(2)7-4-3-5-7;/h2*7,9-10H,5-6H2,1-4H3;3*6-7H,3-5H2,1-2H3;1H4. The molecule has 5 aliphatic rings. The summed E-state index contributed by atoms with van der Waals surface area (Å²) < 4.78 is 0. The van der Waals surface area contributed by atoms with E-state index >= 15 is 0 Å². The Hall–Kier alpha value is -1.06. The van der Waals surface area contributed by atoms with Gasteiger partial charge >= 0.3 is 0 Å². The van der Waals surface area contributed by atoms with Crippen molar-refractivity contribution in [2.24, 2.45) is 59.2 Å². The summed E-state index contributed by atoms with van der Waals surface area (Å²) in [5, 5.41) is 0. The molecule has 0 aromatic carbocycles. The van der Waals surface area contributed by atoms with E-state index in [1.54, 1.807) is 13.8 Å². The SMILES string of the molecule is C.CC(=O)N(C)C1CC(C(C)C)C1.CC(=O)N(C)C1CC(C(C)C)C1.CC(C)C1CCC1.CC(C)C1CCC1.CC(C)C1CCC1. The van der Waals surface area contributed by atoms with Gasteiger partial charge in [-0.2, -0.15) is 0 Å². The Bertz CT molecular complexity index is 712. The van der Waals surface area contributed by atoms with Crippen LogP contribution in [0.25, 0.3) is 0 Å². The van der Waals surface area contributed by atoms with Crippen molar-refractivity contribution in [2.75, 3.05) is 14.1 Å². The van der Waals surface area contributed by atoms with Gasteiger partial charge in [-0.15, -0.1) is 0 Å². The molecule has 0 atom stereocenters. The number of hydrogen-bond acceptors (Lipinski definition) is 2. The number of carbonyl (C=O) groups is 2. The summed E-state index contributed by atoms with van der Waals surface area (Å²) >= 11 is 0. The Morgan fingerprint density at radius 2 is 0.630 bits per heavy atom. The summed E-state index contributed by atoms with van der Waals surface area (Å²) in [6, 6.07) is 1.05. The lowest BCUT2D eigenvalue weighted by Crippen LogP contribution is -2.46. The first-order valence-corrected chi connectivity index (χ1v) is 19.4. The average molecular weight is 649 g/mol. The molecule has 0 heterocycles. The van der Waals surface area contributed by atoms with Crippen LogP contribution < -0.4 is 0 Å². The van der Waals surface area contributed by atoms with Crippen LogP contribution in [-0.4, -0.2) is 47.8 Å². The van der Waals surface area contributed by atoms with Gasteiger partial charge in [0.15, 0.2) is 0 Å². The minimum absolute atomic E-state index is 0. The lowest BCUT2D eigenvalue weighted by atomic mass is 9.73. The van der Waals surface area contributed by atoms with Crippen LogP contribution in [0.4, 0.5) is 0 Å². The Labute approximate surface area is 290 Å². The predicted molar refractivity (Wildman–Crippen MR) is 203 cm³/mol. The Kier molecular flexibility index (Phi) is 22.0. The molecule has 5 fully saturated rings. The molecular weight excluding hydrogens is 564 g/mol. The third-order valence-corrected chi connectivity index (χ3v) is 12.6. The van der Waals surface area contributed by atoms with Gasteiger partial charge in [-0.3, -0.25) is 9.59 Å². The fraction of sp³-hybridized carbons (Fsp3) is 0.952. The molecule has 0 aromatic heterocycles. The second-order valence-corrected chi connectivity index (χ2v) is 17.3. The molecule has 4 nitrogen and oxygen atoms in total. The van der Waals surface area contributed by atoms with Gasteiger partial charge in [0.05, 0.1) is 0 Å². The quantitative estimate of drug-likeness (QED) is 0.276. The fourth-order valence-corrected chi connectivity index (χ4v) is 6.81. The highest BCUT2D eigenvalue weighted by Crippen LogP contribution is 2.37. The molecule has 0 unspecified atom stereocenters. The maximum Gasteiger partial charge on any atom is 0.219 e. The molecule has 0 radical (unpaired) electrons. The van der Waals surface area contributed by atoms with E-state index in [9.17, 15) is 9.59 Å². The zero-order chi connectivity index (χ0) is 34.4. The Morgan fingerprint density at radius 1 is 0.435 bits per heavy atom. The Balaban J connectivity index is 0.000000560. The third kappa shape index (κ3) is 15.9. The van der Waals surface area contributed by atoms with E-state index in [0.29, 0.717) is 12.1 Å². The van der Waals surface area contributed by atoms with Crippen molar-refractivity contribution in [1.82, 2.24) is 9.80 Å². The van der Waals surface area contributed by atoms with E-state index in [1.807, 2.05) is 23.9 Å². The average Bonchev–Trinajstić information content (AvgIpc) is 2.73. The van der Waals surface area contributed by atoms with Gasteiger partial charge in [0, 0.05) is 40.0 Å². The third-order valence-electron chi connectivity index (χ3n) is 12.6. The second-order valence-electron chi connectivity index (χ2n) is 17.3. The molecule has 0 spiro atoms. The van der Waals surface area contributed by atoms with Crippen LogP contribution in [0.3, 0.4) is 0 Å². The highest BCUT2D eigenvalue weighted by Gasteiger charge is 2.35. The normalized spacial score (nSPS) is 25.2. The van der Waals surface area contributed by atoms with Crippen molar-refractivity contribution < 1.29 is 9.59 Å². The van der Waals surface area contributed by atoms with Crippen molar-refractivity contribution in [2.45, 2.75) is 186 Å². The molecule has 5 saturated carbocycles. The number of hydrogen-bond donors (Lipinski definition) is 0. The van der Waals surface area contributed by atoms with Crippen LogP contribution in [0, 0.1) is 59.2 Å². The van der Waals surface area contributed by atoms with Gasteiger partial charge in [0.2, 0.25) is 11.8 Å². The van der Waals surface area contributed by atoms with E-state index in [0.717, 1.165) is 59.2 Å². The number of rotatable bonds is 7.